The van der Waals surface area contributed by atoms with Crippen LogP contribution in [0.15, 0.2) is 90.1 Å². The first-order valence-electron chi connectivity index (χ1n) is 19.0. The number of methoxy groups -OCH3 is 1. The van der Waals surface area contributed by atoms with Gasteiger partial charge in [0.1, 0.15) is 5.75 Å². The van der Waals surface area contributed by atoms with Gasteiger partial charge in [-0.1, -0.05) is 86.3 Å². The van der Waals surface area contributed by atoms with Crippen molar-refractivity contribution in [1.29, 1.82) is 0 Å². The predicted molar refractivity (Wildman–Crippen MR) is 220 cm³/mol. The molecule has 6 aromatic rings. The van der Waals surface area contributed by atoms with Gasteiger partial charge >= 0.3 is 5.97 Å². The molecule has 0 bridgehead atoms. The molecular formula is C47H48N2O6. The first-order chi connectivity index (χ1) is 26.4. The number of hydrogen-bond donors (Lipinski definition) is 0. The zero-order chi connectivity index (χ0) is 39.4. The second-order valence-electron chi connectivity index (χ2n) is 14.5. The normalized spacial score (nSPS) is 12.3. The summed E-state index contributed by atoms with van der Waals surface area (Å²) in [4.78, 5) is 58.6. The molecule has 5 aromatic carbocycles. The lowest BCUT2D eigenvalue weighted by Crippen LogP contribution is -2.27. The Bertz CT molecular complexity index is 2460. The zero-order valence-corrected chi connectivity index (χ0v) is 32.7. The predicted octanol–water partition coefficient (Wildman–Crippen LogP) is 10.2. The summed E-state index contributed by atoms with van der Waals surface area (Å²) in [6.07, 6.45) is 4.23. The highest BCUT2D eigenvalue weighted by Gasteiger charge is 2.26. The van der Waals surface area contributed by atoms with Gasteiger partial charge in [-0.3, -0.25) is 14.4 Å². The minimum Gasteiger partial charge on any atom is -0.497 e. The molecule has 0 amide bonds. The fourth-order valence-electron chi connectivity index (χ4n) is 7.82. The van der Waals surface area contributed by atoms with E-state index in [2.05, 4.69) is 41.8 Å². The first kappa shape index (κ1) is 38.8. The van der Waals surface area contributed by atoms with Gasteiger partial charge in [0.15, 0.2) is 17.3 Å². The Morgan fingerprint density at radius 1 is 0.800 bits per heavy atom. The number of benzene rings is 5. The number of aromatic nitrogens is 1. The van der Waals surface area contributed by atoms with Gasteiger partial charge in [0, 0.05) is 58.3 Å². The van der Waals surface area contributed by atoms with Crippen molar-refractivity contribution in [3.05, 3.63) is 124 Å². The summed E-state index contributed by atoms with van der Waals surface area (Å²) in [6.45, 7) is 12.4. The fraction of sp³-hybridized carbons (Fsp3) is 0.298. The molecule has 0 aliphatic rings. The van der Waals surface area contributed by atoms with Crippen LogP contribution in [0.5, 0.6) is 5.75 Å². The molecule has 8 heteroatoms. The van der Waals surface area contributed by atoms with Crippen molar-refractivity contribution in [3.63, 3.8) is 0 Å². The van der Waals surface area contributed by atoms with Gasteiger partial charge in [-0.15, -0.1) is 0 Å². The highest BCUT2D eigenvalue weighted by molar-refractivity contribution is 6.69. The second-order valence-corrected chi connectivity index (χ2v) is 14.5. The topological polar surface area (TPSA) is 104 Å². The Morgan fingerprint density at radius 2 is 1.49 bits per heavy atom. The van der Waals surface area contributed by atoms with E-state index in [1.807, 2.05) is 63.2 Å². The Morgan fingerprint density at radius 3 is 2.13 bits per heavy atom. The minimum atomic E-state index is -0.750. The second kappa shape index (κ2) is 16.6. The summed E-state index contributed by atoms with van der Waals surface area (Å²) in [5.41, 5.74) is 6.73. The van der Waals surface area contributed by atoms with E-state index in [4.69, 9.17) is 9.57 Å². The van der Waals surface area contributed by atoms with Gasteiger partial charge < -0.3 is 14.1 Å². The van der Waals surface area contributed by atoms with Crippen LogP contribution < -0.4 is 4.74 Å². The molecule has 0 saturated heterocycles. The molecule has 0 fully saturated rings. The van der Waals surface area contributed by atoms with Gasteiger partial charge in [0.25, 0.3) is 0 Å². The molecule has 8 nitrogen and oxygen atoms in total. The van der Waals surface area contributed by atoms with Crippen LogP contribution in [0.25, 0.3) is 32.6 Å². The molecule has 282 valence electrons. The maximum atomic E-state index is 14.6. The monoisotopic (exact) mass is 736 g/mol. The molecule has 0 N–H and O–H groups in total. The van der Waals surface area contributed by atoms with Crippen molar-refractivity contribution in [1.82, 2.24) is 4.57 Å². The van der Waals surface area contributed by atoms with E-state index in [-0.39, 0.29) is 17.8 Å². The van der Waals surface area contributed by atoms with Gasteiger partial charge in [-0.2, -0.15) is 0 Å². The van der Waals surface area contributed by atoms with Gasteiger partial charge in [0.05, 0.1) is 12.6 Å². The third-order valence-corrected chi connectivity index (χ3v) is 10.5. The Labute approximate surface area is 322 Å². The number of Topliss-reactive ketones (excluding diaryl/α,β-unsaturated/α-hetero) is 2. The van der Waals surface area contributed by atoms with Gasteiger partial charge in [-0.05, 0) is 97.7 Å². The molecule has 1 unspecified atom stereocenters. The molecule has 0 aliphatic carbocycles. The molecule has 0 saturated carbocycles. The Kier molecular flexibility index (Phi) is 11.7. The lowest BCUT2D eigenvalue weighted by molar-refractivity contribution is -0.140. The third kappa shape index (κ3) is 8.00. The summed E-state index contributed by atoms with van der Waals surface area (Å²) >= 11 is 0. The van der Waals surface area contributed by atoms with E-state index < -0.39 is 23.2 Å². The average molecular weight is 737 g/mol. The lowest BCUT2D eigenvalue weighted by atomic mass is 9.89. The van der Waals surface area contributed by atoms with Gasteiger partial charge in [0.2, 0.25) is 5.78 Å². The smallest absolute Gasteiger partial charge is 0.332 e. The molecule has 55 heavy (non-hydrogen) atoms. The minimum absolute atomic E-state index is 0.0296. The van der Waals surface area contributed by atoms with E-state index in [9.17, 15) is 19.2 Å². The zero-order valence-electron chi connectivity index (χ0n) is 32.7. The van der Waals surface area contributed by atoms with Crippen LogP contribution in [0.4, 0.5) is 0 Å². The largest absolute Gasteiger partial charge is 0.497 e. The molecule has 0 aliphatic heterocycles. The number of oxime groups is 1. The highest BCUT2D eigenvalue weighted by Crippen LogP contribution is 2.39. The van der Waals surface area contributed by atoms with Crippen LogP contribution in [0.2, 0.25) is 0 Å². The van der Waals surface area contributed by atoms with Crippen molar-refractivity contribution < 1.29 is 28.8 Å². The number of hydrogen-bond acceptors (Lipinski definition) is 7. The number of aryl methyl sites for hydroxylation is 3. The van der Waals surface area contributed by atoms with Crippen molar-refractivity contribution >= 4 is 61.6 Å². The molecular weight excluding hydrogens is 689 g/mol. The van der Waals surface area contributed by atoms with E-state index in [1.54, 1.807) is 12.1 Å². The molecule has 1 heterocycles. The molecule has 1 atom stereocenters. The number of nitrogens with zero attached hydrogens (tertiary/aromatic N) is 2. The van der Waals surface area contributed by atoms with Crippen LogP contribution in [-0.4, -0.2) is 40.7 Å². The Hall–Kier alpha value is -5.89. The van der Waals surface area contributed by atoms with Crippen molar-refractivity contribution in [2.75, 3.05) is 7.11 Å². The van der Waals surface area contributed by atoms with E-state index in [1.165, 1.54) is 19.2 Å². The first-order valence-corrected chi connectivity index (χ1v) is 19.0. The number of fused-ring (bicyclic) bond motifs is 5. The van der Waals surface area contributed by atoms with Crippen molar-refractivity contribution in [3.8, 4) is 5.75 Å². The standard InChI is InChI=1S/C47H48N2O6/c1-8-10-13-32(9-2)27-49-41-21-16-33(25-42(51)44(48-55-31(6)50)46(52)34-17-19-35(54-7)20-18-34)24-38(41)39-26-40(36-14-11-12-15-37(36)45(39)49)47(53)43-29(4)22-28(3)23-30(43)5/h11-12,14-24,26,32H,8-10,13,25,27H2,1-7H3. The fourth-order valence-corrected chi connectivity index (χ4v) is 7.82. The summed E-state index contributed by atoms with van der Waals surface area (Å²) in [7, 11) is 1.52. The molecule has 1 aromatic heterocycles. The quantitative estimate of drug-likeness (QED) is 0.0342. The number of ether oxygens (including phenoxy) is 1. The SMILES string of the molecule is CCCCC(CC)Cn1c2ccc(CC(=O)C(=NOC(C)=O)C(=O)c3ccc(OC)cc3)cc2c2cc(C(=O)c3c(C)cc(C)cc3C)c3ccccc3c21. The van der Waals surface area contributed by atoms with Crippen LogP contribution in [0, 0.1) is 26.7 Å². The summed E-state index contributed by atoms with van der Waals surface area (Å²) in [6, 6.07) is 26.5. The van der Waals surface area contributed by atoms with Crippen molar-refractivity contribution in [2.24, 2.45) is 11.1 Å². The number of carbonyl (C=O) groups is 4. The highest BCUT2D eigenvalue weighted by atomic mass is 16.7. The maximum Gasteiger partial charge on any atom is 0.332 e. The maximum absolute atomic E-state index is 14.6. The Balaban J connectivity index is 1.52. The van der Waals surface area contributed by atoms with Crippen LogP contribution >= 0.6 is 0 Å². The third-order valence-electron chi connectivity index (χ3n) is 10.5. The van der Waals surface area contributed by atoms with Crippen LogP contribution in [0.1, 0.15) is 95.0 Å². The van der Waals surface area contributed by atoms with E-state index in [0.717, 1.165) is 88.4 Å². The van der Waals surface area contributed by atoms with Crippen molar-refractivity contribution in [2.45, 2.75) is 80.2 Å². The van der Waals surface area contributed by atoms with E-state index >= 15 is 0 Å². The molecule has 0 radical (unpaired) electrons. The number of rotatable bonds is 15. The van der Waals surface area contributed by atoms with Gasteiger partial charge in [-0.25, -0.2) is 4.79 Å². The molecule has 0 spiro atoms. The number of carbonyl (C=O) groups excluding carboxylic acids is 4. The summed E-state index contributed by atoms with van der Waals surface area (Å²) in [5, 5.41) is 7.44. The summed E-state index contributed by atoms with van der Waals surface area (Å²) < 4.78 is 7.60. The average Bonchev–Trinajstić information content (AvgIpc) is 3.47. The number of unbranched alkanes of at least 4 members (excludes halogenated alkanes) is 1. The van der Waals surface area contributed by atoms with Crippen LogP contribution in [-0.2, 0) is 27.4 Å². The van der Waals surface area contributed by atoms with Crippen LogP contribution in [0.3, 0.4) is 0 Å². The summed E-state index contributed by atoms with van der Waals surface area (Å²) in [5.74, 6) is -1.05. The molecule has 6 rings (SSSR count). The number of ketones is 3. The lowest BCUT2D eigenvalue weighted by Gasteiger charge is -2.19. The van der Waals surface area contributed by atoms with E-state index in [0.29, 0.717) is 28.4 Å².